The van der Waals surface area contributed by atoms with Crippen LogP contribution in [0.15, 0.2) is 23.0 Å². The molecule has 28 heavy (non-hydrogen) atoms. The molecule has 0 atom stereocenters. The van der Waals surface area contributed by atoms with E-state index in [0.717, 1.165) is 50.3 Å². The standard InChI is InChI=1S/C23H35NO4/c1-4-7-10-11-16-28-22-21(27-15-9-6-3)19-13-12-18(25)17-20(19)24(23(22)26)14-8-5-2/h12-13,17,25H,4-11,14-16H2,1-3H3. The molecule has 1 aromatic carbocycles. The molecule has 5 nitrogen and oxygen atoms in total. The lowest BCUT2D eigenvalue weighted by Gasteiger charge is -2.19. The van der Waals surface area contributed by atoms with Crippen LogP contribution >= 0.6 is 0 Å². The third-order valence-corrected chi connectivity index (χ3v) is 4.89. The molecule has 0 bridgehead atoms. The molecule has 0 aliphatic carbocycles. The van der Waals surface area contributed by atoms with Crippen molar-refractivity contribution in [3.8, 4) is 17.2 Å². The highest BCUT2D eigenvalue weighted by molar-refractivity contribution is 5.89. The fourth-order valence-electron chi connectivity index (χ4n) is 3.22. The van der Waals surface area contributed by atoms with E-state index in [0.29, 0.717) is 36.8 Å². The van der Waals surface area contributed by atoms with Gasteiger partial charge in [-0.25, -0.2) is 0 Å². The van der Waals surface area contributed by atoms with Crippen LogP contribution in [0, 0.1) is 0 Å². The predicted molar refractivity (Wildman–Crippen MR) is 115 cm³/mol. The second kappa shape index (κ2) is 11.6. The number of phenolic OH excluding ortho intramolecular Hbond substituents is 1. The molecule has 156 valence electrons. The van der Waals surface area contributed by atoms with Gasteiger partial charge in [-0.2, -0.15) is 0 Å². The topological polar surface area (TPSA) is 60.7 Å². The van der Waals surface area contributed by atoms with E-state index < -0.39 is 0 Å². The number of benzene rings is 1. The Labute approximate surface area is 168 Å². The fraction of sp³-hybridized carbons (Fsp3) is 0.609. The summed E-state index contributed by atoms with van der Waals surface area (Å²) in [5.41, 5.74) is 0.525. The van der Waals surface area contributed by atoms with Gasteiger partial charge in [0.15, 0.2) is 5.75 Å². The monoisotopic (exact) mass is 389 g/mol. The SMILES string of the molecule is CCCCCCOc1c(OCCCC)c2ccc(O)cc2n(CCCC)c1=O. The Balaban J connectivity index is 2.48. The maximum atomic E-state index is 13.2. The maximum absolute atomic E-state index is 13.2. The summed E-state index contributed by atoms with van der Waals surface area (Å²) < 4.78 is 13.7. The van der Waals surface area contributed by atoms with E-state index >= 15 is 0 Å². The van der Waals surface area contributed by atoms with Crippen molar-refractivity contribution in [2.45, 2.75) is 78.7 Å². The van der Waals surface area contributed by atoms with E-state index in [1.165, 1.54) is 6.42 Å². The number of aromatic hydroxyl groups is 1. The number of fused-ring (bicyclic) bond motifs is 1. The van der Waals surface area contributed by atoms with Gasteiger partial charge < -0.3 is 19.1 Å². The first-order chi connectivity index (χ1) is 13.6. The Hall–Kier alpha value is -2.17. The number of hydrogen-bond donors (Lipinski definition) is 1. The minimum Gasteiger partial charge on any atom is -0.508 e. The lowest BCUT2D eigenvalue weighted by atomic mass is 10.1. The molecular formula is C23H35NO4. The number of phenols is 1. The van der Waals surface area contributed by atoms with Crippen LogP contribution in [0.5, 0.6) is 17.2 Å². The van der Waals surface area contributed by atoms with Gasteiger partial charge >= 0.3 is 0 Å². The smallest absolute Gasteiger partial charge is 0.297 e. The van der Waals surface area contributed by atoms with Gasteiger partial charge in [0.05, 0.1) is 18.7 Å². The summed E-state index contributed by atoms with van der Waals surface area (Å²) in [7, 11) is 0. The number of pyridine rings is 1. The number of aromatic nitrogens is 1. The molecule has 0 amide bonds. The van der Waals surface area contributed by atoms with E-state index in [1.54, 1.807) is 16.7 Å². The van der Waals surface area contributed by atoms with Gasteiger partial charge in [-0.15, -0.1) is 0 Å². The van der Waals surface area contributed by atoms with Gasteiger partial charge in [0, 0.05) is 18.0 Å². The summed E-state index contributed by atoms with van der Waals surface area (Å²) in [5, 5.41) is 10.8. The summed E-state index contributed by atoms with van der Waals surface area (Å²) in [6, 6.07) is 5.09. The van der Waals surface area contributed by atoms with E-state index in [-0.39, 0.29) is 11.3 Å². The minimum atomic E-state index is -0.173. The molecular weight excluding hydrogens is 354 g/mol. The van der Waals surface area contributed by atoms with Crippen molar-refractivity contribution in [2.24, 2.45) is 0 Å². The number of ether oxygens (including phenoxy) is 2. The fourth-order valence-corrected chi connectivity index (χ4v) is 3.22. The molecule has 0 radical (unpaired) electrons. The average Bonchev–Trinajstić information content (AvgIpc) is 2.69. The molecule has 1 N–H and O–H groups in total. The highest BCUT2D eigenvalue weighted by Gasteiger charge is 2.20. The molecule has 0 aliphatic rings. The van der Waals surface area contributed by atoms with Gasteiger partial charge in [0.2, 0.25) is 5.75 Å². The van der Waals surface area contributed by atoms with Crippen molar-refractivity contribution in [3.63, 3.8) is 0 Å². The highest BCUT2D eigenvalue weighted by atomic mass is 16.5. The Bertz CT molecular complexity index is 797. The summed E-state index contributed by atoms with van der Waals surface area (Å²) in [4.78, 5) is 13.2. The first-order valence-electron chi connectivity index (χ1n) is 10.8. The minimum absolute atomic E-state index is 0.143. The average molecular weight is 390 g/mol. The zero-order valence-corrected chi connectivity index (χ0v) is 17.6. The lowest BCUT2D eigenvalue weighted by molar-refractivity contribution is 0.258. The van der Waals surface area contributed by atoms with Crippen molar-refractivity contribution in [3.05, 3.63) is 28.6 Å². The number of rotatable bonds is 13. The van der Waals surface area contributed by atoms with Crippen LogP contribution in [-0.4, -0.2) is 22.9 Å². The van der Waals surface area contributed by atoms with Gasteiger partial charge in [0.25, 0.3) is 5.56 Å². The van der Waals surface area contributed by atoms with Crippen LogP contribution in [0.25, 0.3) is 10.9 Å². The van der Waals surface area contributed by atoms with Gasteiger partial charge in [-0.05, 0) is 31.4 Å². The summed E-state index contributed by atoms with van der Waals surface area (Å²) in [5.74, 6) is 0.962. The van der Waals surface area contributed by atoms with E-state index in [1.807, 2.05) is 6.07 Å². The van der Waals surface area contributed by atoms with Crippen molar-refractivity contribution < 1.29 is 14.6 Å². The van der Waals surface area contributed by atoms with Crippen LogP contribution in [0.1, 0.15) is 72.1 Å². The van der Waals surface area contributed by atoms with Crippen LogP contribution in [0.3, 0.4) is 0 Å². The van der Waals surface area contributed by atoms with Gasteiger partial charge in [-0.1, -0.05) is 52.9 Å². The van der Waals surface area contributed by atoms with Crippen LogP contribution in [-0.2, 0) is 6.54 Å². The Morgan fingerprint density at radius 2 is 1.54 bits per heavy atom. The summed E-state index contributed by atoms with van der Waals surface area (Å²) in [6.07, 6.45) is 8.13. The van der Waals surface area contributed by atoms with E-state index in [9.17, 15) is 9.90 Å². The van der Waals surface area contributed by atoms with Crippen LogP contribution in [0.2, 0.25) is 0 Å². The van der Waals surface area contributed by atoms with Crippen molar-refractivity contribution in [1.82, 2.24) is 4.57 Å². The predicted octanol–water partition coefficient (Wildman–Crippen LogP) is 5.65. The van der Waals surface area contributed by atoms with E-state index in [2.05, 4.69) is 20.8 Å². The van der Waals surface area contributed by atoms with Crippen LogP contribution in [0.4, 0.5) is 0 Å². The molecule has 2 rings (SSSR count). The Kier molecular flexibility index (Phi) is 9.18. The van der Waals surface area contributed by atoms with E-state index in [4.69, 9.17) is 9.47 Å². The Morgan fingerprint density at radius 3 is 2.25 bits per heavy atom. The van der Waals surface area contributed by atoms with Crippen molar-refractivity contribution in [2.75, 3.05) is 13.2 Å². The molecule has 0 saturated heterocycles. The van der Waals surface area contributed by atoms with Crippen LogP contribution < -0.4 is 15.0 Å². The lowest BCUT2D eigenvalue weighted by Crippen LogP contribution is -2.24. The summed E-state index contributed by atoms with van der Waals surface area (Å²) in [6.45, 7) is 8.02. The zero-order chi connectivity index (χ0) is 20.4. The Morgan fingerprint density at radius 1 is 0.857 bits per heavy atom. The number of nitrogens with zero attached hydrogens (tertiary/aromatic N) is 1. The first-order valence-corrected chi connectivity index (χ1v) is 10.8. The number of unbranched alkanes of at least 4 members (excludes halogenated alkanes) is 5. The van der Waals surface area contributed by atoms with Crippen molar-refractivity contribution >= 4 is 10.9 Å². The second-order valence-electron chi connectivity index (χ2n) is 7.28. The largest absolute Gasteiger partial charge is 0.508 e. The molecule has 2 aromatic rings. The normalized spacial score (nSPS) is 11.1. The molecule has 0 spiro atoms. The van der Waals surface area contributed by atoms with Crippen molar-refractivity contribution in [1.29, 1.82) is 0 Å². The molecule has 1 aromatic heterocycles. The molecule has 5 heteroatoms. The second-order valence-corrected chi connectivity index (χ2v) is 7.28. The first kappa shape index (κ1) is 22.1. The van der Waals surface area contributed by atoms with Gasteiger partial charge in [0.1, 0.15) is 5.75 Å². The summed E-state index contributed by atoms with van der Waals surface area (Å²) >= 11 is 0. The molecule has 0 fully saturated rings. The third kappa shape index (κ3) is 5.66. The number of aryl methyl sites for hydroxylation is 1. The molecule has 0 unspecified atom stereocenters. The third-order valence-electron chi connectivity index (χ3n) is 4.89. The zero-order valence-electron chi connectivity index (χ0n) is 17.6. The quantitative estimate of drug-likeness (QED) is 0.450. The number of hydrogen-bond acceptors (Lipinski definition) is 4. The molecule has 0 saturated carbocycles. The van der Waals surface area contributed by atoms with Gasteiger partial charge in [-0.3, -0.25) is 4.79 Å². The maximum Gasteiger partial charge on any atom is 0.297 e. The molecule has 0 aliphatic heterocycles. The molecule has 1 heterocycles. The highest BCUT2D eigenvalue weighted by Crippen LogP contribution is 2.35.